The summed E-state index contributed by atoms with van der Waals surface area (Å²) >= 11 is 2.96. The Bertz CT molecular complexity index is 565. The maximum atomic E-state index is 14.0. The Morgan fingerprint density at radius 1 is 1.48 bits per heavy atom. The Hall–Kier alpha value is -0.366. The van der Waals surface area contributed by atoms with Gasteiger partial charge in [0.15, 0.2) is 5.78 Å². The number of allylic oxidation sites excluding steroid dienone is 5. The minimum absolute atomic E-state index is 0. The molecule has 1 aliphatic heterocycles. The van der Waals surface area contributed by atoms with E-state index >= 15 is 0 Å². The number of rotatable bonds is 2. The maximum absolute atomic E-state index is 14.0. The molecule has 0 aromatic heterocycles. The molecule has 111 valence electrons. The van der Waals surface area contributed by atoms with Crippen LogP contribution in [-0.4, -0.2) is 42.6 Å². The van der Waals surface area contributed by atoms with E-state index in [-0.39, 0.29) is 59.9 Å². The molecule has 1 radical (unpaired) electrons. The maximum Gasteiger partial charge on any atom is 0.161 e. The second kappa shape index (κ2) is 7.76. The Balaban J connectivity index is 0.00000220. The molecule has 2 aliphatic rings. The fourth-order valence-electron chi connectivity index (χ4n) is 2.11. The SMILES string of the molecule is CC(=O)C1=C/C(=C(/[NH-])N2CCNCC2)C(=[N-])C(F)=C1Br.[Y]. The number of carbonyl (C=O) groups is 1. The average Bonchev–Trinajstić information content (AvgIpc) is 2.45. The minimum Gasteiger partial charge on any atom is -0.801 e. The van der Waals surface area contributed by atoms with Gasteiger partial charge in [-0.15, -0.1) is 5.71 Å². The third-order valence-electron chi connectivity index (χ3n) is 3.25. The third-order valence-corrected chi connectivity index (χ3v) is 4.02. The van der Waals surface area contributed by atoms with E-state index in [2.05, 4.69) is 21.2 Å². The molecule has 0 spiro atoms. The van der Waals surface area contributed by atoms with E-state index in [4.69, 9.17) is 5.73 Å². The second-order valence-electron chi connectivity index (χ2n) is 4.59. The van der Waals surface area contributed by atoms with Crippen molar-refractivity contribution in [2.45, 2.75) is 6.92 Å². The molecule has 0 saturated carbocycles. The standard InChI is InChI=1S/C13H15BrFN4O.Y/c1-7(20)8-6-9(12(16)11(15)10(8)14)13(17)19-4-2-18-3-5-19;/h6,18H,2-5H2,1H3,(H2-,16,17,20);/q-1;/p-1. The predicted octanol–water partition coefficient (Wildman–Crippen LogP) is 2.27. The second-order valence-corrected chi connectivity index (χ2v) is 5.38. The van der Waals surface area contributed by atoms with Crippen molar-refractivity contribution in [1.29, 1.82) is 0 Å². The molecule has 0 atom stereocenters. The van der Waals surface area contributed by atoms with E-state index in [1.807, 2.05) is 0 Å². The van der Waals surface area contributed by atoms with Gasteiger partial charge in [-0.2, -0.15) is 0 Å². The summed E-state index contributed by atoms with van der Waals surface area (Å²) in [5, 5.41) is 13.0. The summed E-state index contributed by atoms with van der Waals surface area (Å²) in [5.41, 5.74) is 7.67. The molecule has 0 aromatic carbocycles. The Morgan fingerprint density at radius 2 is 2.05 bits per heavy atom. The van der Waals surface area contributed by atoms with Gasteiger partial charge in [0.2, 0.25) is 0 Å². The molecular weight excluding hydrogens is 416 g/mol. The molecular formula is C13H14BrFN4OY-2. The van der Waals surface area contributed by atoms with Crippen molar-refractivity contribution < 1.29 is 41.9 Å². The molecule has 5 nitrogen and oxygen atoms in total. The molecule has 2 N–H and O–H groups in total. The topological polar surface area (TPSA) is 78.4 Å². The van der Waals surface area contributed by atoms with Gasteiger partial charge in [-0.25, -0.2) is 4.39 Å². The van der Waals surface area contributed by atoms with Crippen LogP contribution in [-0.2, 0) is 37.5 Å². The van der Waals surface area contributed by atoms with E-state index in [1.165, 1.54) is 13.0 Å². The van der Waals surface area contributed by atoms with Crippen molar-refractivity contribution in [2.75, 3.05) is 26.2 Å². The van der Waals surface area contributed by atoms with Crippen LogP contribution in [0.4, 0.5) is 4.39 Å². The number of Topliss-reactive ketones (excluding diaryl/α,β-unsaturated/α-hetero) is 1. The van der Waals surface area contributed by atoms with Gasteiger partial charge in [0, 0.05) is 38.3 Å². The molecule has 2 rings (SSSR count). The number of nitrogens with zero attached hydrogens (tertiary/aromatic N) is 2. The summed E-state index contributed by atoms with van der Waals surface area (Å²) in [4.78, 5) is 13.2. The summed E-state index contributed by atoms with van der Waals surface area (Å²) in [7, 11) is 0. The predicted molar refractivity (Wildman–Crippen MR) is 80.0 cm³/mol. The van der Waals surface area contributed by atoms with Crippen molar-refractivity contribution in [1.82, 2.24) is 10.2 Å². The summed E-state index contributed by atoms with van der Waals surface area (Å²) < 4.78 is 13.9. The zero-order valence-corrected chi connectivity index (χ0v) is 16.0. The van der Waals surface area contributed by atoms with Crippen LogP contribution in [0.25, 0.3) is 11.1 Å². The van der Waals surface area contributed by atoms with Gasteiger partial charge in [-0.05, 0) is 60.7 Å². The first kappa shape index (κ1) is 18.7. The van der Waals surface area contributed by atoms with Crippen molar-refractivity contribution in [3.63, 3.8) is 0 Å². The Morgan fingerprint density at radius 3 is 2.57 bits per heavy atom. The van der Waals surface area contributed by atoms with Gasteiger partial charge in [0.1, 0.15) is 5.83 Å². The largest absolute Gasteiger partial charge is 0.801 e. The number of piperazine rings is 1. The van der Waals surface area contributed by atoms with Crippen LogP contribution >= 0.6 is 15.9 Å². The molecule has 8 heteroatoms. The van der Waals surface area contributed by atoms with Crippen LogP contribution in [0.2, 0.25) is 0 Å². The van der Waals surface area contributed by atoms with E-state index < -0.39 is 11.5 Å². The Kier molecular flexibility index (Phi) is 6.91. The fourth-order valence-corrected chi connectivity index (χ4v) is 2.69. The minimum atomic E-state index is -0.910. The molecule has 21 heavy (non-hydrogen) atoms. The van der Waals surface area contributed by atoms with Gasteiger partial charge < -0.3 is 21.4 Å². The summed E-state index contributed by atoms with van der Waals surface area (Å²) in [5.74, 6) is -1.21. The van der Waals surface area contributed by atoms with Crippen LogP contribution < -0.4 is 5.32 Å². The number of hydrogen-bond acceptors (Lipinski definition) is 3. The van der Waals surface area contributed by atoms with Gasteiger partial charge in [-0.1, -0.05) is 5.82 Å². The number of carbonyl (C=O) groups excluding carboxylic acids is 1. The van der Waals surface area contributed by atoms with Crippen LogP contribution in [0.3, 0.4) is 0 Å². The van der Waals surface area contributed by atoms with Gasteiger partial charge in [-0.3, -0.25) is 4.79 Å². The van der Waals surface area contributed by atoms with Crippen molar-refractivity contribution >= 4 is 27.4 Å². The van der Waals surface area contributed by atoms with Gasteiger partial charge in [0.25, 0.3) is 0 Å². The van der Waals surface area contributed by atoms with Crippen LogP contribution in [0, 0.1) is 0 Å². The van der Waals surface area contributed by atoms with E-state index in [0.717, 1.165) is 13.1 Å². The zero-order chi connectivity index (χ0) is 14.9. The molecule has 0 aromatic rings. The summed E-state index contributed by atoms with van der Waals surface area (Å²) in [6.07, 6.45) is 1.36. The van der Waals surface area contributed by atoms with E-state index in [1.54, 1.807) is 4.90 Å². The average molecular weight is 430 g/mol. The monoisotopic (exact) mass is 429 g/mol. The van der Waals surface area contributed by atoms with Gasteiger partial charge >= 0.3 is 0 Å². The van der Waals surface area contributed by atoms with Crippen LogP contribution in [0.1, 0.15) is 6.92 Å². The molecule has 1 saturated heterocycles. The molecule has 1 heterocycles. The first-order chi connectivity index (χ1) is 9.43. The molecule has 0 unspecified atom stereocenters. The quantitative estimate of drug-likeness (QED) is 0.731. The summed E-state index contributed by atoms with van der Waals surface area (Å²) in [6.45, 7) is 3.97. The normalized spacial score (nSPS) is 21.8. The Labute approximate surface area is 156 Å². The smallest absolute Gasteiger partial charge is 0.161 e. The first-order valence-corrected chi connectivity index (χ1v) is 6.99. The number of halogens is 2. The van der Waals surface area contributed by atoms with Crippen molar-refractivity contribution in [3.05, 3.63) is 44.5 Å². The molecule has 1 fully saturated rings. The van der Waals surface area contributed by atoms with Crippen molar-refractivity contribution in [3.8, 4) is 0 Å². The van der Waals surface area contributed by atoms with Crippen LogP contribution in [0.5, 0.6) is 0 Å². The van der Waals surface area contributed by atoms with Gasteiger partial charge in [0.05, 0.1) is 4.48 Å². The van der Waals surface area contributed by atoms with E-state index in [0.29, 0.717) is 13.1 Å². The van der Waals surface area contributed by atoms with Crippen LogP contribution in [0.15, 0.2) is 33.4 Å². The number of hydrogen-bond donors (Lipinski definition) is 1. The van der Waals surface area contributed by atoms with E-state index in [9.17, 15) is 14.6 Å². The third kappa shape index (κ3) is 3.89. The number of nitrogens with one attached hydrogen (secondary N) is 2. The molecule has 1 aliphatic carbocycles. The molecule has 0 amide bonds. The first-order valence-electron chi connectivity index (χ1n) is 6.20. The zero-order valence-electron chi connectivity index (χ0n) is 11.5. The fraction of sp³-hybridized carbons (Fsp3) is 0.385. The number of ketones is 1. The van der Waals surface area contributed by atoms with Crippen molar-refractivity contribution in [2.24, 2.45) is 0 Å². The molecule has 0 bridgehead atoms. The summed E-state index contributed by atoms with van der Waals surface area (Å²) in [6, 6.07) is 0.